The van der Waals surface area contributed by atoms with Crippen LogP contribution in [0.5, 0.6) is 0 Å². The van der Waals surface area contributed by atoms with Crippen LogP contribution in [0, 0.1) is 10.7 Å². The number of para-hydroxylation sites is 1. The van der Waals surface area contributed by atoms with Crippen molar-refractivity contribution in [1.29, 1.82) is 0 Å². The topological polar surface area (TPSA) is 70.1 Å². The quantitative estimate of drug-likeness (QED) is 0.717. The molecule has 0 saturated carbocycles. The van der Waals surface area contributed by atoms with E-state index in [2.05, 4.69) is 10.3 Å². The fourth-order valence-corrected chi connectivity index (χ4v) is 2.59. The largest absolute Gasteiger partial charge is 0.396 e. The van der Waals surface area contributed by atoms with Crippen molar-refractivity contribution in [2.75, 3.05) is 6.61 Å². The summed E-state index contributed by atoms with van der Waals surface area (Å²) >= 11 is 5.28. The van der Waals surface area contributed by atoms with Crippen LogP contribution in [0.1, 0.15) is 30.8 Å². The standard InChI is InChI=1S/C16H21N3O2S/c1-11(2)13(8-9-20)18-15(21)14-10-17-16(22)19(14)12-6-4-3-5-7-12/h3-7,10-11,13,20H,8-9H2,1-2H3,(H,17,22)(H,18,21). The maximum Gasteiger partial charge on any atom is 0.270 e. The Labute approximate surface area is 135 Å². The average molecular weight is 319 g/mol. The summed E-state index contributed by atoms with van der Waals surface area (Å²) in [7, 11) is 0. The molecule has 6 heteroatoms. The zero-order valence-electron chi connectivity index (χ0n) is 12.7. The smallest absolute Gasteiger partial charge is 0.270 e. The number of nitrogens with one attached hydrogen (secondary N) is 2. The van der Waals surface area contributed by atoms with Gasteiger partial charge in [0.2, 0.25) is 0 Å². The van der Waals surface area contributed by atoms with E-state index in [1.54, 1.807) is 10.8 Å². The second kappa shape index (κ2) is 7.38. The molecule has 22 heavy (non-hydrogen) atoms. The Morgan fingerprint density at radius 1 is 1.36 bits per heavy atom. The molecule has 0 bridgehead atoms. The van der Waals surface area contributed by atoms with E-state index in [0.717, 1.165) is 5.69 Å². The number of hydrogen-bond acceptors (Lipinski definition) is 3. The summed E-state index contributed by atoms with van der Waals surface area (Å²) in [6.07, 6.45) is 2.14. The molecule has 0 fully saturated rings. The number of hydrogen-bond donors (Lipinski definition) is 3. The number of amides is 1. The maximum atomic E-state index is 12.6. The van der Waals surface area contributed by atoms with Crippen LogP contribution in [0.15, 0.2) is 36.5 Å². The van der Waals surface area contributed by atoms with Crippen molar-refractivity contribution in [3.8, 4) is 5.69 Å². The molecule has 0 aliphatic heterocycles. The average Bonchev–Trinajstić information content (AvgIpc) is 2.89. The molecule has 1 atom stereocenters. The number of carbonyl (C=O) groups is 1. The fraction of sp³-hybridized carbons (Fsp3) is 0.375. The van der Waals surface area contributed by atoms with Crippen LogP contribution in [0.3, 0.4) is 0 Å². The van der Waals surface area contributed by atoms with Crippen molar-refractivity contribution in [1.82, 2.24) is 14.9 Å². The summed E-state index contributed by atoms with van der Waals surface area (Å²) in [6, 6.07) is 9.42. The zero-order valence-corrected chi connectivity index (χ0v) is 13.6. The highest BCUT2D eigenvalue weighted by Gasteiger charge is 2.20. The Morgan fingerprint density at radius 3 is 2.64 bits per heavy atom. The van der Waals surface area contributed by atoms with Gasteiger partial charge in [-0.25, -0.2) is 0 Å². The van der Waals surface area contributed by atoms with Gasteiger partial charge in [0, 0.05) is 24.5 Å². The van der Waals surface area contributed by atoms with E-state index in [4.69, 9.17) is 17.3 Å². The second-order valence-corrected chi connectivity index (χ2v) is 5.87. The number of benzene rings is 1. The third-order valence-electron chi connectivity index (χ3n) is 3.58. The van der Waals surface area contributed by atoms with Gasteiger partial charge in [-0.05, 0) is 36.7 Å². The van der Waals surface area contributed by atoms with Gasteiger partial charge in [0.1, 0.15) is 5.69 Å². The van der Waals surface area contributed by atoms with Gasteiger partial charge in [-0.3, -0.25) is 9.36 Å². The Bertz CT molecular complexity index is 676. The first-order chi connectivity index (χ1) is 10.5. The van der Waals surface area contributed by atoms with Crippen LogP contribution in [-0.2, 0) is 0 Å². The highest BCUT2D eigenvalue weighted by atomic mass is 32.1. The van der Waals surface area contributed by atoms with Gasteiger partial charge in [0.05, 0.1) is 0 Å². The first-order valence-corrected chi connectivity index (χ1v) is 7.73. The number of aliphatic hydroxyl groups excluding tert-OH is 1. The van der Waals surface area contributed by atoms with Gasteiger partial charge in [0.15, 0.2) is 4.77 Å². The lowest BCUT2D eigenvalue weighted by atomic mass is 10.0. The number of carbonyl (C=O) groups excluding carboxylic acids is 1. The number of aliphatic hydroxyl groups is 1. The van der Waals surface area contributed by atoms with Crippen molar-refractivity contribution in [2.45, 2.75) is 26.3 Å². The van der Waals surface area contributed by atoms with Gasteiger partial charge >= 0.3 is 0 Å². The number of rotatable bonds is 6. The fourth-order valence-electron chi connectivity index (χ4n) is 2.32. The van der Waals surface area contributed by atoms with Gasteiger partial charge in [-0.2, -0.15) is 0 Å². The van der Waals surface area contributed by atoms with E-state index in [0.29, 0.717) is 16.9 Å². The van der Waals surface area contributed by atoms with Crippen molar-refractivity contribution < 1.29 is 9.90 Å². The number of aromatic amines is 1. The number of nitrogens with zero attached hydrogens (tertiary/aromatic N) is 1. The summed E-state index contributed by atoms with van der Waals surface area (Å²) in [5, 5.41) is 12.1. The molecule has 3 N–H and O–H groups in total. The molecular weight excluding hydrogens is 298 g/mol. The zero-order chi connectivity index (χ0) is 16.1. The Balaban J connectivity index is 2.30. The molecule has 118 valence electrons. The van der Waals surface area contributed by atoms with Crippen LogP contribution in [-0.4, -0.2) is 33.2 Å². The summed E-state index contributed by atoms with van der Waals surface area (Å²) in [5.41, 5.74) is 1.29. The lowest BCUT2D eigenvalue weighted by Gasteiger charge is -2.21. The summed E-state index contributed by atoms with van der Waals surface area (Å²) < 4.78 is 2.18. The van der Waals surface area contributed by atoms with E-state index in [9.17, 15) is 4.79 Å². The minimum atomic E-state index is -0.205. The summed E-state index contributed by atoms with van der Waals surface area (Å²) in [5.74, 6) is 0.0338. The van der Waals surface area contributed by atoms with E-state index in [-0.39, 0.29) is 24.5 Å². The summed E-state index contributed by atoms with van der Waals surface area (Å²) in [6.45, 7) is 4.07. The lowest BCUT2D eigenvalue weighted by Crippen LogP contribution is -2.39. The first kappa shape index (κ1) is 16.5. The van der Waals surface area contributed by atoms with Crippen molar-refractivity contribution in [3.05, 3.63) is 47.0 Å². The monoisotopic (exact) mass is 319 g/mol. The number of aromatic nitrogens is 2. The minimum Gasteiger partial charge on any atom is -0.396 e. The highest BCUT2D eigenvalue weighted by Crippen LogP contribution is 2.14. The third-order valence-corrected chi connectivity index (χ3v) is 3.89. The van der Waals surface area contributed by atoms with E-state index < -0.39 is 0 Å². The lowest BCUT2D eigenvalue weighted by molar-refractivity contribution is 0.0909. The predicted octanol–water partition coefficient (Wildman–Crippen LogP) is 2.67. The van der Waals surface area contributed by atoms with E-state index >= 15 is 0 Å². The van der Waals surface area contributed by atoms with Crippen LogP contribution in [0.4, 0.5) is 0 Å². The van der Waals surface area contributed by atoms with Gasteiger partial charge in [-0.1, -0.05) is 32.0 Å². The maximum absolute atomic E-state index is 12.6. The third kappa shape index (κ3) is 3.64. The molecule has 0 radical (unpaired) electrons. The van der Waals surface area contributed by atoms with Gasteiger partial charge < -0.3 is 15.4 Å². The van der Waals surface area contributed by atoms with Crippen LogP contribution < -0.4 is 5.32 Å². The van der Waals surface area contributed by atoms with Crippen molar-refractivity contribution in [2.24, 2.45) is 5.92 Å². The van der Waals surface area contributed by atoms with Gasteiger partial charge in [0.25, 0.3) is 5.91 Å². The van der Waals surface area contributed by atoms with Gasteiger partial charge in [-0.15, -0.1) is 0 Å². The van der Waals surface area contributed by atoms with E-state index in [1.165, 1.54) is 0 Å². The molecule has 5 nitrogen and oxygen atoms in total. The predicted molar refractivity (Wildman–Crippen MR) is 88.7 cm³/mol. The van der Waals surface area contributed by atoms with E-state index in [1.807, 2.05) is 44.2 Å². The van der Waals surface area contributed by atoms with Crippen LogP contribution in [0.25, 0.3) is 5.69 Å². The Hall–Kier alpha value is -1.92. The molecule has 2 aromatic rings. The molecule has 1 aromatic carbocycles. The molecule has 2 rings (SSSR count). The molecule has 1 amide bonds. The highest BCUT2D eigenvalue weighted by molar-refractivity contribution is 7.71. The molecule has 0 spiro atoms. The Kier molecular flexibility index (Phi) is 5.51. The Morgan fingerprint density at radius 2 is 2.05 bits per heavy atom. The molecular formula is C16H21N3O2S. The molecule has 0 saturated heterocycles. The normalized spacial score (nSPS) is 12.4. The molecule has 0 aliphatic rings. The van der Waals surface area contributed by atoms with Crippen LogP contribution >= 0.6 is 12.2 Å². The van der Waals surface area contributed by atoms with Crippen molar-refractivity contribution >= 4 is 18.1 Å². The number of H-pyrrole nitrogens is 1. The minimum absolute atomic E-state index is 0.0429. The molecule has 0 aliphatic carbocycles. The summed E-state index contributed by atoms with van der Waals surface area (Å²) in [4.78, 5) is 15.5. The second-order valence-electron chi connectivity index (χ2n) is 5.49. The van der Waals surface area contributed by atoms with Crippen molar-refractivity contribution in [3.63, 3.8) is 0 Å². The molecule has 1 unspecified atom stereocenters. The molecule has 1 heterocycles. The first-order valence-electron chi connectivity index (χ1n) is 7.32. The number of imidazole rings is 1. The van der Waals surface area contributed by atoms with Crippen LogP contribution in [0.2, 0.25) is 0 Å². The SMILES string of the molecule is CC(C)C(CCO)NC(=O)c1c[nH]c(=S)n1-c1ccccc1. The molecule has 1 aromatic heterocycles.